The lowest BCUT2D eigenvalue weighted by molar-refractivity contribution is 1.31. The maximum atomic E-state index is 3.94. The Kier molecular flexibility index (Phi) is 7.41. The van der Waals surface area contributed by atoms with Crippen molar-refractivity contribution in [2.45, 2.75) is 33.4 Å². The Morgan fingerprint density at radius 3 is 1.26 bits per heavy atom. The number of hydrogen-bond acceptors (Lipinski definition) is 3. The molecule has 0 N–H and O–H groups in total. The first kappa shape index (κ1) is 18.3. The molecule has 0 spiro atoms. The molecule has 0 aromatic heterocycles. The Bertz CT molecular complexity index is 595. The van der Waals surface area contributed by atoms with E-state index in [1.165, 1.54) is 30.7 Å². The molecule has 0 bridgehead atoms. The van der Waals surface area contributed by atoms with Crippen molar-refractivity contribution in [1.29, 1.82) is 0 Å². The van der Waals surface area contributed by atoms with Gasteiger partial charge in [-0.25, -0.2) is 0 Å². The van der Waals surface area contributed by atoms with Crippen LogP contribution in [0.4, 0.5) is 0 Å². The third kappa shape index (κ3) is 6.94. The summed E-state index contributed by atoms with van der Waals surface area (Å²) in [6, 6.07) is 17.5. The highest BCUT2D eigenvalue weighted by Crippen LogP contribution is 2.31. The maximum Gasteiger partial charge on any atom is 0.0185 e. The van der Waals surface area contributed by atoms with Crippen molar-refractivity contribution in [3.8, 4) is 0 Å². The van der Waals surface area contributed by atoms with Gasteiger partial charge in [0.05, 0.1) is 0 Å². The van der Waals surface area contributed by atoms with E-state index in [0.29, 0.717) is 0 Å². The summed E-state index contributed by atoms with van der Waals surface area (Å²) in [6.07, 6.45) is 0. The summed E-state index contributed by atoms with van der Waals surface area (Å²) in [4.78, 5) is 5.13. The van der Waals surface area contributed by atoms with Gasteiger partial charge in [-0.05, 0) is 62.4 Å². The second-order valence-electron chi connectivity index (χ2n) is 5.54. The Labute approximate surface area is 152 Å². The fourth-order valence-electron chi connectivity index (χ4n) is 1.76. The molecule has 0 atom stereocenters. The Balaban J connectivity index is 1.91. The van der Waals surface area contributed by atoms with E-state index in [1.54, 1.807) is 11.8 Å². The molecule has 0 saturated heterocycles. The molecular weight excluding hydrogens is 336 g/mol. The zero-order valence-corrected chi connectivity index (χ0v) is 16.1. The minimum atomic E-state index is 0.982. The second kappa shape index (κ2) is 9.31. The molecule has 0 aliphatic carbocycles. The van der Waals surface area contributed by atoms with Crippen LogP contribution in [0.2, 0.25) is 0 Å². The molecule has 3 heteroatoms. The van der Waals surface area contributed by atoms with Crippen LogP contribution in [0.3, 0.4) is 0 Å². The van der Waals surface area contributed by atoms with E-state index in [0.717, 1.165) is 11.5 Å². The van der Waals surface area contributed by atoms with Gasteiger partial charge in [-0.2, -0.15) is 0 Å². The van der Waals surface area contributed by atoms with Crippen LogP contribution in [0.25, 0.3) is 0 Å². The highest BCUT2D eigenvalue weighted by molar-refractivity contribution is 8.00. The first-order chi connectivity index (χ1) is 11.0. The molecule has 0 unspecified atom stereocenters. The zero-order chi connectivity index (χ0) is 16.7. The van der Waals surface area contributed by atoms with Crippen molar-refractivity contribution in [2.24, 2.45) is 0 Å². The Morgan fingerprint density at radius 1 is 0.652 bits per heavy atom. The molecule has 2 rings (SSSR count). The number of rotatable bonds is 8. The van der Waals surface area contributed by atoms with Crippen molar-refractivity contribution in [3.05, 3.63) is 72.8 Å². The monoisotopic (exact) mass is 358 g/mol. The average Bonchev–Trinajstić information content (AvgIpc) is 2.53. The molecular formula is C20H22S3. The van der Waals surface area contributed by atoms with Crippen LogP contribution < -0.4 is 0 Å². The van der Waals surface area contributed by atoms with Gasteiger partial charge in [0.2, 0.25) is 0 Å². The molecule has 0 amide bonds. The smallest absolute Gasteiger partial charge is 0.0185 e. The lowest BCUT2D eigenvalue weighted by atomic mass is 10.4. The van der Waals surface area contributed by atoms with E-state index in [-0.39, 0.29) is 0 Å². The largest absolute Gasteiger partial charge is 0.122 e. The van der Waals surface area contributed by atoms with E-state index < -0.39 is 0 Å². The van der Waals surface area contributed by atoms with Gasteiger partial charge in [0.1, 0.15) is 0 Å². The maximum absolute atomic E-state index is 3.94. The average molecular weight is 359 g/mol. The molecule has 0 radical (unpaired) electrons. The third-order valence-electron chi connectivity index (χ3n) is 2.85. The summed E-state index contributed by atoms with van der Waals surface area (Å²) >= 11 is 5.47. The lowest BCUT2D eigenvalue weighted by Gasteiger charge is -2.06. The van der Waals surface area contributed by atoms with Crippen LogP contribution >= 0.6 is 35.3 Å². The lowest BCUT2D eigenvalue weighted by Crippen LogP contribution is -1.81. The molecule has 23 heavy (non-hydrogen) atoms. The van der Waals surface area contributed by atoms with Crippen LogP contribution in [0.5, 0.6) is 0 Å². The van der Waals surface area contributed by atoms with Gasteiger partial charge in [-0.15, -0.1) is 23.5 Å². The van der Waals surface area contributed by atoms with Crippen molar-refractivity contribution in [2.75, 3.05) is 11.5 Å². The molecule has 2 aromatic rings. The molecule has 0 aliphatic heterocycles. The van der Waals surface area contributed by atoms with Crippen molar-refractivity contribution < 1.29 is 0 Å². The van der Waals surface area contributed by atoms with Crippen LogP contribution in [-0.2, 0) is 0 Å². The standard InChI is InChI=1S/C20H22S3/c1-15(2)13-21-17-5-9-19(10-6-17)23-20-11-7-18(8-12-20)22-14-16(3)4/h5-12H,1,3,13-14H2,2,4H3. The predicted molar refractivity (Wildman–Crippen MR) is 108 cm³/mol. The summed E-state index contributed by atoms with van der Waals surface area (Å²) in [7, 11) is 0. The highest BCUT2D eigenvalue weighted by Gasteiger charge is 2.00. The highest BCUT2D eigenvalue weighted by atomic mass is 32.2. The summed E-state index contributed by atoms with van der Waals surface area (Å²) in [5, 5.41) is 0. The summed E-state index contributed by atoms with van der Waals surface area (Å²) < 4.78 is 0. The van der Waals surface area contributed by atoms with E-state index in [9.17, 15) is 0 Å². The summed E-state index contributed by atoms with van der Waals surface area (Å²) in [6.45, 7) is 12.0. The Morgan fingerprint density at radius 2 is 0.957 bits per heavy atom. The fourth-order valence-corrected chi connectivity index (χ4v) is 4.06. The van der Waals surface area contributed by atoms with Crippen molar-refractivity contribution >= 4 is 35.3 Å². The first-order valence-electron chi connectivity index (χ1n) is 7.45. The minimum Gasteiger partial charge on any atom is -0.122 e. The van der Waals surface area contributed by atoms with Gasteiger partial charge >= 0.3 is 0 Å². The van der Waals surface area contributed by atoms with Crippen LogP contribution in [-0.4, -0.2) is 11.5 Å². The van der Waals surface area contributed by atoms with Crippen LogP contribution in [0.1, 0.15) is 13.8 Å². The molecule has 0 saturated carbocycles. The van der Waals surface area contributed by atoms with Crippen LogP contribution in [0.15, 0.2) is 92.4 Å². The summed E-state index contributed by atoms with van der Waals surface area (Å²) in [5.74, 6) is 1.96. The van der Waals surface area contributed by atoms with Crippen LogP contribution in [0, 0.1) is 0 Å². The van der Waals surface area contributed by atoms with Gasteiger partial charge in [-0.1, -0.05) is 36.1 Å². The van der Waals surface area contributed by atoms with E-state index in [1.807, 2.05) is 23.5 Å². The molecule has 0 aliphatic rings. The predicted octanol–water partition coefficient (Wildman–Crippen LogP) is 7.17. The van der Waals surface area contributed by atoms with Gasteiger partial charge in [-0.3, -0.25) is 0 Å². The number of hydrogen-bond donors (Lipinski definition) is 0. The Hall–Kier alpha value is -1.03. The quantitative estimate of drug-likeness (QED) is 0.362. The van der Waals surface area contributed by atoms with Gasteiger partial charge in [0, 0.05) is 31.1 Å². The van der Waals surface area contributed by atoms with Gasteiger partial charge in [0.25, 0.3) is 0 Å². The third-order valence-corrected chi connectivity index (χ3v) is 6.35. The molecule has 2 aromatic carbocycles. The first-order valence-corrected chi connectivity index (χ1v) is 10.2. The van der Waals surface area contributed by atoms with Crippen molar-refractivity contribution in [3.63, 3.8) is 0 Å². The SMILES string of the molecule is C=C(C)CSc1ccc(Sc2ccc(SCC(=C)C)cc2)cc1. The number of thioether (sulfide) groups is 2. The topological polar surface area (TPSA) is 0 Å². The second-order valence-corrected chi connectivity index (χ2v) is 8.78. The molecule has 0 nitrogen and oxygen atoms in total. The van der Waals surface area contributed by atoms with Gasteiger partial charge < -0.3 is 0 Å². The normalized spacial score (nSPS) is 10.5. The summed E-state index contributed by atoms with van der Waals surface area (Å²) in [5.41, 5.74) is 2.41. The molecule has 0 heterocycles. The number of benzene rings is 2. The minimum absolute atomic E-state index is 0.982. The van der Waals surface area contributed by atoms with E-state index in [4.69, 9.17) is 0 Å². The molecule has 120 valence electrons. The molecule has 0 fully saturated rings. The zero-order valence-electron chi connectivity index (χ0n) is 13.7. The van der Waals surface area contributed by atoms with Crippen molar-refractivity contribution in [1.82, 2.24) is 0 Å². The van der Waals surface area contributed by atoms with E-state index >= 15 is 0 Å². The van der Waals surface area contributed by atoms with E-state index in [2.05, 4.69) is 75.5 Å². The fraction of sp³-hybridized carbons (Fsp3) is 0.200. The van der Waals surface area contributed by atoms with Gasteiger partial charge in [0.15, 0.2) is 0 Å².